The van der Waals surface area contributed by atoms with Crippen molar-refractivity contribution in [2.75, 3.05) is 53.7 Å². The van der Waals surface area contributed by atoms with Gasteiger partial charge in [0.1, 0.15) is 22.9 Å². The Morgan fingerprint density at radius 3 is 2.47 bits per heavy atom. The molecule has 180 valence electrons. The number of methoxy groups -OCH3 is 2. The third-order valence-electron chi connectivity index (χ3n) is 5.42. The van der Waals surface area contributed by atoms with Gasteiger partial charge in [-0.15, -0.1) is 0 Å². The van der Waals surface area contributed by atoms with Crippen molar-refractivity contribution in [2.45, 2.75) is 12.5 Å². The highest BCUT2D eigenvalue weighted by Gasteiger charge is 2.30. The van der Waals surface area contributed by atoms with Crippen LogP contribution in [0.5, 0.6) is 11.5 Å². The standard InChI is InChI=1S/C24H30N6O4/c1-28(2)10-5-6-21(31)29-11-9-17(15-29)30-23(25)22(24(26)32)20(27-30)8-7-16-12-18(33-3)14-19(13-16)34-4/h5-6,12-14,17H,9-11,15,25H2,1-4H3,(H2,26,32). The summed E-state index contributed by atoms with van der Waals surface area (Å²) in [5, 5.41) is 4.48. The molecule has 1 saturated heterocycles. The number of nitrogens with two attached hydrogens (primary N) is 2. The van der Waals surface area contributed by atoms with E-state index in [-0.39, 0.29) is 29.0 Å². The average molecular weight is 467 g/mol. The quantitative estimate of drug-likeness (QED) is 0.458. The van der Waals surface area contributed by atoms with E-state index in [4.69, 9.17) is 20.9 Å². The topological polar surface area (TPSA) is 129 Å². The van der Waals surface area contributed by atoms with E-state index in [1.807, 2.05) is 25.1 Å². The molecule has 1 aromatic heterocycles. The van der Waals surface area contributed by atoms with E-state index in [1.54, 1.807) is 48.1 Å². The first-order chi connectivity index (χ1) is 16.2. The van der Waals surface area contributed by atoms with Gasteiger partial charge in [-0.05, 0) is 38.6 Å². The molecule has 1 aliphatic rings. The van der Waals surface area contributed by atoms with Gasteiger partial charge >= 0.3 is 0 Å². The zero-order chi connectivity index (χ0) is 24.8. The summed E-state index contributed by atoms with van der Waals surface area (Å²) in [4.78, 5) is 28.3. The van der Waals surface area contributed by atoms with E-state index in [0.29, 0.717) is 43.1 Å². The summed E-state index contributed by atoms with van der Waals surface area (Å²) in [6, 6.07) is 5.03. The van der Waals surface area contributed by atoms with Crippen LogP contribution in [0.2, 0.25) is 0 Å². The van der Waals surface area contributed by atoms with Gasteiger partial charge in [-0.3, -0.25) is 9.59 Å². The maximum atomic E-state index is 12.5. The number of carbonyl (C=O) groups is 2. The highest BCUT2D eigenvalue weighted by atomic mass is 16.5. The van der Waals surface area contributed by atoms with Gasteiger partial charge in [0.15, 0.2) is 5.69 Å². The van der Waals surface area contributed by atoms with E-state index in [1.165, 1.54) is 0 Å². The van der Waals surface area contributed by atoms with E-state index in [0.717, 1.165) is 0 Å². The Bertz CT molecular complexity index is 1140. The van der Waals surface area contributed by atoms with Crippen LogP contribution in [0.1, 0.15) is 34.1 Å². The fourth-order valence-electron chi connectivity index (χ4n) is 3.68. The number of nitrogen functional groups attached to an aromatic ring is 1. The molecule has 0 aliphatic carbocycles. The molecule has 10 nitrogen and oxygen atoms in total. The van der Waals surface area contributed by atoms with E-state index in [9.17, 15) is 9.59 Å². The number of ether oxygens (including phenoxy) is 2. The average Bonchev–Trinajstić information content (AvgIpc) is 3.41. The van der Waals surface area contributed by atoms with Gasteiger partial charge in [0.25, 0.3) is 5.91 Å². The van der Waals surface area contributed by atoms with Crippen molar-refractivity contribution < 1.29 is 19.1 Å². The zero-order valence-electron chi connectivity index (χ0n) is 19.9. The summed E-state index contributed by atoms with van der Waals surface area (Å²) >= 11 is 0. The second kappa shape index (κ2) is 10.8. The first-order valence-electron chi connectivity index (χ1n) is 10.8. The Morgan fingerprint density at radius 2 is 1.88 bits per heavy atom. The first-order valence-corrected chi connectivity index (χ1v) is 10.8. The number of aromatic nitrogens is 2. The SMILES string of the molecule is COc1cc(C#Cc2nn(C3CCN(C(=O)C=CCN(C)C)C3)c(N)c2C(N)=O)cc(OC)c1. The Kier molecular flexibility index (Phi) is 7.81. The van der Waals surface area contributed by atoms with Crippen molar-refractivity contribution in [3.05, 3.63) is 47.2 Å². The van der Waals surface area contributed by atoms with Gasteiger partial charge in [-0.25, -0.2) is 4.68 Å². The summed E-state index contributed by atoms with van der Waals surface area (Å²) in [7, 11) is 6.96. The molecule has 2 heterocycles. The summed E-state index contributed by atoms with van der Waals surface area (Å²) in [5.41, 5.74) is 12.7. The van der Waals surface area contributed by atoms with Crippen LogP contribution in [-0.2, 0) is 4.79 Å². The molecule has 1 fully saturated rings. The molecule has 10 heteroatoms. The Hall–Kier alpha value is -3.97. The molecule has 4 N–H and O–H groups in total. The Labute approximate surface area is 199 Å². The molecule has 3 rings (SSSR count). The van der Waals surface area contributed by atoms with Crippen molar-refractivity contribution in [1.82, 2.24) is 19.6 Å². The minimum absolute atomic E-state index is 0.0676. The van der Waals surface area contributed by atoms with E-state index < -0.39 is 5.91 Å². The summed E-state index contributed by atoms with van der Waals surface area (Å²) in [6.07, 6.45) is 4.05. The predicted octanol–water partition coefficient (Wildman–Crippen LogP) is 0.872. The maximum Gasteiger partial charge on any atom is 0.255 e. The fraction of sp³-hybridized carbons (Fsp3) is 0.375. The van der Waals surface area contributed by atoms with Gasteiger partial charge in [0.2, 0.25) is 5.91 Å². The number of anilines is 1. The van der Waals surface area contributed by atoms with Gasteiger partial charge in [0.05, 0.1) is 20.3 Å². The number of likely N-dealkylation sites (N-methyl/N-ethyl adjacent to an activating group) is 1. The lowest BCUT2D eigenvalue weighted by Gasteiger charge is -2.15. The largest absolute Gasteiger partial charge is 0.497 e. The summed E-state index contributed by atoms with van der Waals surface area (Å²) in [6.45, 7) is 1.67. The van der Waals surface area contributed by atoms with Crippen LogP contribution < -0.4 is 20.9 Å². The second-order valence-corrected chi connectivity index (χ2v) is 8.16. The number of hydrogen-bond acceptors (Lipinski definition) is 7. The fourth-order valence-corrected chi connectivity index (χ4v) is 3.68. The van der Waals surface area contributed by atoms with Crippen LogP contribution >= 0.6 is 0 Å². The number of primary amides is 1. The third-order valence-corrected chi connectivity index (χ3v) is 5.42. The van der Waals surface area contributed by atoms with Crippen molar-refractivity contribution in [2.24, 2.45) is 5.73 Å². The van der Waals surface area contributed by atoms with Crippen molar-refractivity contribution in [3.63, 3.8) is 0 Å². The van der Waals surface area contributed by atoms with Crippen molar-refractivity contribution >= 4 is 17.6 Å². The van der Waals surface area contributed by atoms with E-state index >= 15 is 0 Å². The van der Waals surface area contributed by atoms with Gasteiger partial charge in [-0.1, -0.05) is 12.0 Å². The number of rotatable bonds is 7. The molecule has 1 aliphatic heterocycles. The van der Waals surface area contributed by atoms with E-state index in [2.05, 4.69) is 16.9 Å². The molecule has 1 atom stereocenters. The van der Waals surface area contributed by atoms with Gasteiger partial charge in [0, 0.05) is 37.3 Å². The Morgan fingerprint density at radius 1 is 1.21 bits per heavy atom. The lowest BCUT2D eigenvalue weighted by Crippen LogP contribution is -2.28. The molecule has 34 heavy (non-hydrogen) atoms. The third kappa shape index (κ3) is 5.68. The summed E-state index contributed by atoms with van der Waals surface area (Å²) < 4.78 is 12.1. The van der Waals surface area contributed by atoms with Crippen LogP contribution in [0, 0.1) is 11.8 Å². The van der Waals surface area contributed by atoms with Crippen LogP contribution in [0.15, 0.2) is 30.4 Å². The smallest absolute Gasteiger partial charge is 0.255 e. The predicted molar refractivity (Wildman–Crippen MR) is 129 cm³/mol. The molecule has 2 amide bonds. The minimum atomic E-state index is -0.714. The number of amides is 2. The highest BCUT2D eigenvalue weighted by molar-refractivity contribution is 5.99. The molecule has 1 unspecified atom stereocenters. The van der Waals surface area contributed by atoms with Crippen molar-refractivity contribution in [3.8, 4) is 23.3 Å². The van der Waals surface area contributed by atoms with Crippen LogP contribution in [0.3, 0.4) is 0 Å². The molecular formula is C24H30N6O4. The maximum absolute atomic E-state index is 12.5. The molecular weight excluding hydrogens is 436 g/mol. The van der Waals surface area contributed by atoms with Crippen LogP contribution in [0.4, 0.5) is 5.82 Å². The number of benzene rings is 1. The lowest BCUT2D eigenvalue weighted by molar-refractivity contribution is -0.125. The number of nitrogens with zero attached hydrogens (tertiary/aromatic N) is 4. The second-order valence-electron chi connectivity index (χ2n) is 8.16. The molecule has 2 aromatic rings. The number of carbonyl (C=O) groups excluding carboxylic acids is 2. The van der Waals surface area contributed by atoms with Gasteiger partial charge in [-0.2, -0.15) is 5.10 Å². The van der Waals surface area contributed by atoms with Crippen LogP contribution in [0.25, 0.3) is 0 Å². The molecule has 0 spiro atoms. The minimum Gasteiger partial charge on any atom is -0.497 e. The molecule has 0 bridgehead atoms. The normalized spacial score (nSPS) is 15.4. The molecule has 0 radical (unpaired) electrons. The van der Waals surface area contributed by atoms with Gasteiger partial charge < -0.3 is 30.7 Å². The summed E-state index contributed by atoms with van der Waals surface area (Å²) in [5.74, 6) is 6.39. The first kappa shape index (κ1) is 24.7. The molecule has 1 aromatic carbocycles. The monoisotopic (exact) mass is 466 g/mol. The molecule has 0 saturated carbocycles. The zero-order valence-corrected chi connectivity index (χ0v) is 19.9. The highest BCUT2D eigenvalue weighted by Crippen LogP contribution is 2.27. The number of likely N-dealkylation sites (tertiary alicyclic amines) is 1. The van der Waals surface area contributed by atoms with Crippen LogP contribution in [-0.4, -0.2) is 79.3 Å². The number of hydrogen-bond donors (Lipinski definition) is 2. The Balaban J connectivity index is 1.85. The van der Waals surface area contributed by atoms with Crippen molar-refractivity contribution in [1.29, 1.82) is 0 Å². The lowest BCUT2D eigenvalue weighted by atomic mass is 10.1.